The fourth-order valence-electron chi connectivity index (χ4n) is 1.49. The van der Waals surface area contributed by atoms with Crippen LogP contribution in [0.5, 0.6) is 17.2 Å². The van der Waals surface area contributed by atoms with Gasteiger partial charge >= 0.3 is 0 Å². The molecule has 0 spiro atoms. The van der Waals surface area contributed by atoms with Crippen molar-refractivity contribution >= 4 is 9.84 Å². The summed E-state index contributed by atoms with van der Waals surface area (Å²) < 4.78 is 38.0. The van der Waals surface area contributed by atoms with Gasteiger partial charge in [-0.15, -0.1) is 0 Å². The molecule has 0 amide bonds. The van der Waals surface area contributed by atoms with Gasteiger partial charge in [0.1, 0.15) is 6.61 Å². The average Bonchev–Trinajstić information content (AvgIpc) is 2.37. The highest BCUT2D eigenvalue weighted by Crippen LogP contribution is 2.38. The summed E-state index contributed by atoms with van der Waals surface area (Å²) in [5, 5.41) is 0. The summed E-state index contributed by atoms with van der Waals surface area (Å²) in [4.78, 5) is 0. The summed E-state index contributed by atoms with van der Waals surface area (Å²) in [6, 6.07) is 3.47. The SMILES string of the molecule is COc1cc(CN)cc(OC)c1OCCS(C)(=O)=O. The van der Waals surface area contributed by atoms with Crippen LogP contribution in [-0.2, 0) is 16.4 Å². The lowest BCUT2D eigenvalue weighted by Crippen LogP contribution is -2.13. The Balaban J connectivity index is 2.97. The van der Waals surface area contributed by atoms with Gasteiger partial charge in [0.25, 0.3) is 0 Å². The predicted octanol–water partition coefficient (Wildman–Crippen LogP) is 0.586. The van der Waals surface area contributed by atoms with Crippen LogP contribution < -0.4 is 19.9 Å². The van der Waals surface area contributed by atoms with E-state index in [0.29, 0.717) is 23.8 Å². The molecule has 0 aliphatic heterocycles. The number of sulfone groups is 1. The van der Waals surface area contributed by atoms with E-state index in [0.717, 1.165) is 11.8 Å². The van der Waals surface area contributed by atoms with E-state index in [4.69, 9.17) is 19.9 Å². The van der Waals surface area contributed by atoms with Gasteiger partial charge in [-0.25, -0.2) is 8.42 Å². The minimum Gasteiger partial charge on any atom is -0.493 e. The van der Waals surface area contributed by atoms with Crippen LogP contribution >= 0.6 is 0 Å². The van der Waals surface area contributed by atoms with Gasteiger partial charge in [-0.05, 0) is 17.7 Å². The third-order valence-corrected chi connectivity index (χ3v) is 3.36. The molecule has 1 rings (SSSR count). The minimum atomic E-state index is -3.07. The van der Waals surface area contributed by atoms with Gasteiger partial charge in [0, 0.05) is 12.8 Å². The third kappa shape index (κ3) is 4.60. The second kappa shape index (κ2) is 6.63. The molecule has 19 heavy (non-hydrogen) atoms. The number of hydrogen-bond acceptors (Lipinski definition) is 6. The Morgan fingerprint density at radius 2 is 1.68 bits per heavy atom. The van der Waals surface area contributed by atoms with E-state index in [2.05, 4.69) is 0 Å². The molecule has 0 aromatic heterocycles. The smallest absolute Gasteiger partial charge is 0.203 e. The number of rotatable bonds is 7. The van der Waals surface area contributed by atoms with Crippen molar-refractivity contribution in [2.24, 2.45) is 5.73 Å². The first kappa shape index (κ1) is 15.6. The average molecular weight is 289 g/mol. The van der Waals surface area contributed by atoms with Crippen LogP contribution in [-0.4, -0.2) is 41.3 Å². The third-order valence-electron chi connectivity index (χ3n) is 2.46. The summed E-state index contributed by atoms with van der Waals surface area (Å²) in [5.74, 6) is 1.24. The quantitative estimate of drug-likeness (QED) is 0.790. The normalized spacial score (nSPS) is 11.2. The zero-order valence-corrected chi connectivity index (χ0v) is 12.1. The first-order valence-corrected chi connectivity index (χ1v) is 7.72. The fraction of sp³-hybridized carbons (Fsp3) is 0.500. The van der Waals surface area contributed by atoms with Gasteiger partial charge in [0.15, 0.2) is 21.3 Å². The van der Waals surface area contributed by atoms with Crippen LogP contribution in [0.2, 0.25) is 0 Å². The van der Waals surface area contributed by atoms with E-state index in [1.807, 2.05) is 0 Å². The fourth-order valence-corrected chi connectivity index (χ4v) is 1.88. The lowest BCUT2D eigenvalue weighted by molar-refractivity contribution is 0.288. The predicted molar refractivity (Wildman–Crippen MR) is 72.6 cm³/mol. The molecule has 7 heteroatoms. The van der Waals surface area contributed by atoms with Crippen LogP contribution in [0, 0.1) is 0 Å². The molecule has 1 aromatic rings. The molecule has 0 saturated carbocycles. The molecule has 0 bridgehead atoms. The summed E-state index contributed by atoms with van der Waals surface area (Å²) >= 11 is 0. The highest BCUT2D eigenvalue weighted by atomic mass is 32.2. The standard InChI is InChI=1S/C12H19NO5S/c1-16-10-6-9(8-13)7-11(17-2)12(10)18-4-5-19(3,14)15/h6-7H,4-5,8,13H2,1-3H3. The molecule has 6 nitrogen and oxygen atoms in total. The van der Waals surface area contributed by atoms with Crippen molar-refractivity contribution in [3.05, 3.63) is 17.7 Å². The minimum absolute atomic E-state index is 0.0352. The van der Waals surface area contributed by atoms with E-state index in [1.54, 1.807) is 12.1 Å². The van der Waals surface area contributed by atoms with Crippen molar-refractivity contribution in [2.45, 2.75) is 6.54 Å². The molecule has 0 fully saturated rings. The van der Waals surface area contributed by atoms with Crippen molar-refractivity contribution in [1.82, 2.24) is 0 Å². The maximum atomic E-state index is 11.1. The molecule has 0 aliphatic rings. The van der Waals surface area contributed by atoms with Crippen LogP contribution in [0.25, 0.3) is 0 Å². The van der Waals surface area contributed by atoms with Gasteiger partial charge in [-0.2, -0.15) is 0 Å². The topological polar surface area (TPSA) is 87.8 Å². The zero-order chi connectivity index (χ0) is 14.5. The first-order chi connectivity index (χ1) is 8.91. The lowest BCUT2D eigenvalue weighted by Gasteiger charge is -2.15. The Morgan fingerprint density at radius 3 is 2.05 bits per heavy atom. The van der Waals surface area contributed by atoms with E-state index in [-0.39, 0.29) is 12.4 Å². The zero-order valence-electron chi connectivity index (χ0n) is 11.3. The van der Waals surface area contributed by atoms with Crippen LogP contribution in [0.4, 0.5) is 0 Å². The Bertz CT molecular complexity index is 502. The number of nitrogens with two attached hydrogens (primary N) is 1. The number of hydrogen-bond donors (Lipinski definition) is 1. The van der Waals surface area contributed by atoms with Gasteiger partial charge in [-0.1, -0.05) is 0 Å². The highest BCUT2D eigenvalue weighted by Gasteiger charge is 2.14. The molecule has 0 heterocycles. The van der Waals surface area contributed by atoms with Crippen LogP contribution in [0.1, 0.15) is 5.56 Å². The largest absolute Gasteiger partial charge is 0.493 e. The molecule has 108 valence electrons. The van der Waals surface area contributed by atoms with Crippen LogP contribution in [0.15, 0.2) is 12.1 Å². The van der Waals surface area contributed by atoms with Gasteiger partial charge in [0.2, 0.25) is 5.75 Å². The summed E-state index contributed by atoms with van der Waals surface area (Å²) in [7, 11) is -0.0759. The molecular weight excluding hydrogens is 270 g/mol. The Hall–Kier alpha value is -1.47. The molecule has 1 aromatic carbocycles. The number of benzene rings is 1. The lowest BCUT2D eigenvalue weighted by atomic mass is 10.2. The molecule has 0 atom stereocenters. The highest BCUT2D eigenvalue weighted by molar-refractivity contribution is 7.90. The van der Waals surface area contributed by atoms with E-state index in [9.17, 15) is 8.42 Å². The van der Waals surface area contributed by atoms with Crippen molar-refractivity contribution in [3.63, 3.8) is 0 Å². The molecule has 2 N–H and O–H groups in total. The molecule has 0 aliphatic carbocycles. The second-order valence-electron chi connectivity index (χ2n) is 4.01. The molecule has 0 unspecified atom stereocenters. The Kier molecular flexibility index (Phi) is 5.44. The van der Waals surface area contributed by atoms with E-state index >= 15 is 0 Å². The van der Waals surface area contributed by atoms with Crippen molar-refractivity contribution < 1.29 is 22.6 Å². The van der Waals surface area contributed by atoms with E-state index < -0.39 is 9.84 Å². The maximum absolute atomic E-state index is 11.1. The first-order valence-electron chi connectivity index (χ1n) is 5.66. The van der Waals surface area contributed by atoms with E-state index in [1.165, 1.54) is 14.2 Å². The van der Waals surface area contributed by atoms with Crippen molar-refractivity contribution in [1.29, 1.82) is 0 Å². The van der Waals surface area contributed by atoms with Crippen molar-refractivity contribution in [3.8, 4) is 17.2 Å². The number of methoxy groups -OCH3 is 2. The van der Waals surface area contributed by atoms with Gasteiger partial charge in [0.05, 0.1) is 20.0 Å². The van der Waals surface area contributed by atoms with Gasteiger partial charge < -0.3 is 19.9 Å². The molecule has 0 saturated heterocycles. The maximum Gasteiger partial charge on any atom is 0.203 e. The Morgan fingerprint density at radius 1 is 1.16 bits per heavy atom. The molecular formula is C12H19NO5S. The monoisotopic (exact) mass is 289 g/mol. The second-order valence-corrected chi connectivity index (χ2v) is 6.27. The van der Waals surface area contributed by atoms with Gasteiger partial charge in [-0.3, -0.25) is 0 Å². The summed E-state index contributed by atoms with van der Waals surface area (Å²) in [6.45, 7) is 0.379. The summed E-state index contributed by atoms with van der Waals surface area (Å²) in [6.07, 6.45) is 1.16. The Labute approximate surface area is 113 Å². The molecule has 0 radical (unpaired) electrons. The van der Waals surface area contributed by atoms with Crippen molar-refractivity contribution in [2.75, 3.05) is 32.8 Å². The number of ether oxygens (including phenoxy) is 3. The van der Waals surface area contributed by atoms with Crippen LogP contribution in [0.3, 0.4) is 0 Å². The summed E-state index contributed by atoms with van der Waals surface area (Å²) in [5.41, 5.74) is 6.41.